The van der Waals surface area contributed by atoms with Gasteiger partial charge in [-0.05, 0) is 43.1 Å². The first-order valence-electron chi connectivity index (χ1n) is 5.38. The van der Waals surface area contributed by atoms with Crippen LogP contribution in [0.2, 0.25) is 5.02 Å². The standard InChI is InChI=1S/C12H16ClNO/c13-11-3-1-9(2-4-11)12(8-15)10-5-6-14-7-10/h1-4,10,12,14-15H,5-8H2. The third-order valence-electron chi connectivity index (χ3n) is 3.16. The van der Waals surface area contributed by atoms with Gasteiger partial charge >= 0.3 is 0 Å². The summed E-state index contributed by atoms with van der Waals surface area (Å²) >= 11 is 5.84. The molecule has 2 atom stereocenters. The van der Waals surface area contributed by atoms with E-state index >= 15 is 0 Å². The number of aliphatic hydroxyl groups excluding tert-OH is 1. The van der Waals surface area contributed by atoms with Crippen molar-refractivity contribution in [3.05, 3.63) is 34.9 Å². The van der Waals surface area contributed by atoms with E-state index in [2.05, 4.69) is 5.32 Å². The first-order valence-corrected chi connectivity index (χ1v) is 5.76. The lowest BCUT2D eigenvalue weighted by Gasteiger charge is -2.21. The quantitative estimate of drug-likeness (QED) is 0.825. The summed E-state index contributed by atoms with van der Waals surface area (Å²) in [6.45, 7) is 2.29. The van der Waals surface area contributed by atoms with Crippen LogP contribution in [0.25, 0.3) is 0 Å². The van der Waals surface area contributed by atoms with Crippen molar-refractivity contribution < 1.29 is 5.11 Å². The molecule has 2 nitrogen and oxygen atoms in total. The molecule has 0 amide bonds. The summed E-state index contributed by atoms with van der Waals surface area (Å²) in [5.41, 5.74) is 1.19. The molecule has 1 saturated heterocycles. The van der Waals surface area contributed by atoms with Crippen LogP contribution < -0.4 is 5.32 Å². The zero-order valence-corrected chi connectivity index (χ0v) is 9.37. The maximum atomic E-state index is 9.45. The van der Waals surface area contributed by atoms with E-state index in [4.69, 9.17) is 11.6 Å². The Morgan fingerprint density at radius 1 is 1.40 bits per heavy atom. The summed E-state index contributed by atoms with van der Waals surface area (Å²) in [6, 6.07) is 7.81. The second kappa shape index (κ2) is 4.97. The van der Waals surface area contributed by atoms with Crippen LogP contribution in [-0.4, -0.2) is 24.8 Å². The van der Waals surface area contributed by atoms with Crippen LogP contribution >= 0.6 is 11.6 Å². The van der Waals surface area contributed by atoms with Crippen LogP contribution in [0.4, 0.5) is 0 Å². The van der Waals surface area contributed by atoms with Crippen LogP contribution in [-0.2, 0) is 0 Å². The Balaban J connectivity index is 2.14. The number of rotatable bonds is 3. The molecule has 1 heterocycles. The van der Waals surface area contributed by atoms with Gasteiger partial charge in [0.1, 0.15) is 0 Å². The zero-order chi connectivity index (χ0) is 10.7. The Labute approximate surface area is 95.3 Å². The van der Waals surface area contributed by atoms with Gasteiger partial charge in [0.15, 0.2) is 0 Å². The second-order valence-electron chi connectivity index (χ2n) is 4.09. The molecule has 0 aliphatic carbocycles. The van der Waals surface area contributed by atoms with Crippen molar-refractivity contribution in [3.8, 4) is 0 Å². The molecule has 1 aromatic rings. The molecule has 0 radical (unpaired) electrons. The van der Waals surface area contributed by atoms with Crippen molar-refractivity contribution >= 4 is 11.6 Å². The SMILES string of the molecule is OCC(c1ccc(Cl)cc1)C1CCNC1. The van der Waals surface area contributed by atoms with Gasteiger partial charge in [-0.25, -0.2) is 0 Å². The lowest BCUT2D eigenvalue weighted by Crippen LogP contribution is -2.19. The molecule has 2 unspecified atom stereocenters. The molecule has 0 aromatic heterocycles. The summed E-state index contributed by atoms with van der Waals surface area (Å²) in [5.74, 6) is 0.799. The van der Waals surface area contributed by atoms with Gasteiger partial charge in [-0.15, -0.1) is 0 Å². The molecular formula is C12H16ClNO. The van der Waals surface area contributed by atoms with E-state index in [1.807, 2.05) is 24.3 Å². The van der Waals surface area contributed by atoms with Gasteiger partial charge in [-0.3, -0.25) is 0 Å². The number of aliphatic hydroxyl groups is 1. The number of benzene rings is 1. The lowest BCUT2D eigenvalue weighted by molar-refractivity contribution is 0.231. The van der Waals surface area contributed by atoms with Gasteiger partial charge in [0.05, 0.1) is 6.61 Å². The average molecular weight is 226 g/mol. The fraction of sp³-hybridized carbons (Fsp3) is 0.500. The summed E-state index contributed by atoms with van der Waals surface area (Å²) in [7, 11) is 0. The summed E-state index contributed by atoms with van der Waals surface area (Å²) in [4.78, 5) is 0. The highest BCUT2D eigenvalue weighted by atomic mass is 35.5. The largest absolute Gasteiger partial charge is 0.396 e. The Kier molecular flexibility index (Phi) is 3.62. The highest BCUT2D eigenvalue weighted by molar-refractivity contribution is 6.30. The molecule has 1 aliphatic rings. The molecular weight excluding hydrogens is 210 g/mol. The minimum Gasteiger partial charge on any atom is -0.396 e. The molecule has 3 heteroatoms. The van der Waals surface area contributed by atoms with Crippen LogP contribution in [0.3, 0.4) is 0 Å². The Morgan fingerprint density at radius 2 is 2.13 bits per heavy atom. The van der Waals surface area contributed by atoms with Gasteiger partial charge in [-0.1, -0.05) is 23.7 Å². The predicted octanol–water partition coefficient (Wildman–Crippen LogP) is 2.03. The third kappa shape index (κ3) is 2.51. The molecule has 0 saturated carbocycles. The Bertz CT molecular complexity index is 306. The molecule has 15 heavy (non-hydrogen) atoms. The van der Waals surface area contributed by atoms with Crippen LogP contribution in [0, 0.1) is 5.92 Å². The van der Waals surface area contributed by atoms with E-state index in [-0.39, 0.29) is 12.5 Å². The van der Waals surface area contributed by atoms with Crippen LogP contribution in [0.1, 0.15) is 17.9 Å². The van der Waals surface area contributed by atoms with E-state index in [1.165, 1.54) is 5.56 Å². The Morgan fingerprint density at radius 3 is 2.67 bits per heavy atom. The van der Waals surface area contributed by atoms with Crippen molar-refractivity contribution in [2.24, 2.45) is 5.92 Å². The summed E-state index contributed by atoms with van der Waals surface area (Å²) in [6.07, 6.45) is 1.15. The van der Waals surface area contributed by atoms with Gasteiger partial charge in [0.25, 0.3) is 0 Å². The monoisotopic (exact) mass is 225 g/mol. The van der Waals surface area contributed by atoms with E-state index < -0.39 is 0 Å². The normalized spacial score (nSPS) is 22.9. The molecule has 0 bridgehead atoms. The molecule has 2 rings (SSSR count). The van der Waals surface area contributed by atoms with Crippen molar-refractivity contribution in [2.75, 3.05) is 19.7 Å². The summed E-state index contributed by atoms with van der Waals surface area (Å²) < 4.78 is 0. The van der Waals surface area contributed by atoms with Crippen molar-refractivity contribution in [1.82, 2.24) is 5.32 Å². The van der Waals surface area contributed by atoms with Crippen molar-refractivity contribution in [3.63, 3.8) is 0 Å². The second-order valence-corrected chi connectivity index (χ2v) is 4.53. The van der Waals surface area contributed by atoms with Crippen molar-refractivity contribution in [1.29, 1.82) is 0 Å². The fourth-order valence-corrected chi connectivity index (χ4v) is 2.38. The Hall–Kier alpha value is -0.570. The summed E-state index contributed by atoms with van der Waals surface area (Å²) in [5, 5.41) is 13.5. The van der Waals surface area contributed by atoms with E-state index in [0.29, 0.717) is 5.92 Å². The molecule has 1 fully saturated rings. The van der Waals surface area contributed by atoms with Crippen LogP contribution in [0.5, 0.6) is 0 Å². The minimum atomic E-state index is 0.216. The first kappa shape index (κ1) is 10.9. The van der Waals surface area contributed by atoms with E-state index in [1.54, 1.807) is 0 Å². The molecule has 2 N–H and O–H groups in total. The highest BCUT2D eigenvalue weighted by Crippen LogP contribution is 2.29. The topological polar surface area (TPSA) is 32.3 Å². The maximum Gasteiger partial charge on any atom is 0.0502 e. The fourth-order valence-electron chi connectivity index (χ4n) is 2.26. The van der Waals surface area contributed by atoms with Gasteiger partial charge < -0.3 is 10.4 Å². The van der Waals surface area contributed by atoms with Gasteiger partial charge in [0.2, 0.25) is 0 Å². The molecule has 0 spiro atoms. The minimum absolute atomic E-state index is 0.216. The molecule has 82 valence electrons. The lowest BCUT2D eigenvalue weighted by atomic mass is 9.86. The number of halogens is 1. The van der Waals surface area contributed by atoms with Gasteiger partial charge in [-0.2, -0.15) is 0 Å². The predicted molar refractivity (Wildman–Crippen MR) is 62.3 cm³/mol. The molecule has 1 aromatic carbocycles. The van der Waals surface area contributed by atoms with E-state index in [9.17, 15) is 5.11 Å². The zero-order valence-electron chi connectivity index (χ0n) is 8.62. The number of hydrogen-bond donors (Lipinski definition) is 2. The van der Waals surface area contributed by atoms with Gasteiger partial charge in [0, 0.05) is 10.9 Å². The number of hydrogen-bond acceptors (Lipinski definition) is 2. The molecule has 1 aliphatic heterocycles. The maximum absolute atomic E-state index is 9.45. The number of nitrogens with one attached hydrogen (secondary N) is 1. The average Bonchev–Trinajstić information content (AvgIpc) is 2.75. The van der Waals surface area contributed by atoms with Crippen molar-refractivity contribution in [2.45, 2.75) is 12.3 Å². The highest BCUT2D eigenvalue weighted by Gasteiger charge is 2.25. The van der Waals surface area contributed by atoms with Crippen LogP contribution in [0.15, 0.2) is 24.3 Å². The van der Waals surface area contributed by atoms with E-state index in [0.717, 1.165) is 24.5 Å². The first-order chi connectivity index (χ1) is 7.31. The smallest absolute Gasteiger partial charge is 0.0502 e. The third-order valence-corrected chi connectivity index (χ3v) is 3.41.